The zero-order valence-electron chi connectivity index (χ0n) is 9.18. The molecule has 1 aliphatic carbocycles. The van der Waals surface area contributed by atoms with Gasteiger partial charge in [-0.25, -0.2) is 9.97 Å². The molecule has 92 valence electrons. The lowest BCUT2D eigenvalue weighted by Crippen LogP contribution is -2.15. The fraction of sp³-hybridized carbons (Fsp3) is 0.500. The minimum Gasteiger partial charge on any atom is -0.363 e. The maximum Gasteiger partial charge on any atom is 0.228 e. The summed E-state index contributed by atoms with van der Waals surface area (Å²) < 4.78 is 4.67. The Morgan fingerprint density at radius 2 is 2.41 bits per heavy atom. The van der Waals surface area contributed by atoms with E-state index in [1.807, 2.05) is 0 Å². The third-order valence-electron chi connectivity index (χ3n) is 2.41. The van der Waals surface area contributed by atoms with E-state index in [2.05, 4.69) is 20.0 Å². The van der Waals surface area contributed by atoms with Crippen molar-refractivity contribution in [1.29, 1.82) is 0 Å². The van der Waals surface area contributed by atoms with Gasteiger partial charge < -0.3 is 15.2 Å². The third-order valence-corrected chi connectivity index (χ3v) is 2.69. The molecular formula is C10H12ClN3O3. The van der Waals surface area contributed by atoms with E-state index in [1.54, 1.807) is 0 Å². The van der Waals surface area contributed by atoms with Crippen molar-refractivity contribution in [2.45, 2.75) is 19.1 Å². The molecule has 1 atom stereocenters. The molecule has 1 aliphatic rings. The number of ether oxygens (including phenoxy) is 1. The molecule has 1 saturated carbocycles. The molecule has 1 fully saturated rings. The first kappa shape index (κ1) is 12.2. The Morgan fingerprint density at radius 1 is 1.71 bits per heavy atom. The van der Waals surface area contributed by atoms with E-state index >= 15 is 0 Å². The van der Waals surface area contributed by atoms with Crippen molar-refractivity contribution in [3.8, 4) is 0 Å². The van der Waals surface area contributed by atoms with Gasteiger partial charge in [0.15, 0.2) is 11.0 Å². The molecule has 1 unspecified atom stereocenters. The van der Waals surface area contributed by atoms with Crippen molar-refractivity contribution in [3.05, 3.63) is 17.0 Å². The van der Waals surface area contributed by atoms with Gasteiger partial charge in [-0.3, -0.25) is 4.79 Å². The van der Waals surface area contributed by atoms with Gasteiger partial charge in [-0.2, -0.15) is 0 Å². The molecule has 0 aromatic carbocycles. The second-order valence-electron chi connectivity index (χ2n) is 3.78. The lowest BCUT2D eigenvalue weighted by Gasteiger charge is -2.10. The maximum atomic E-state index is 11.5. The number of rotatable bonds is 4. The highest BCUT2D eigenvalue weighted by Gasteiger charge is 2.30. The zero-order valence-corrected chi connectivity index (χ0v) is 9.94. The van der Waals surface area contributed by atoms with Crippen LogP contribution in [0.25, 0.3) is 0 Å². The van der Waals surface area contributed by atoms with Crippen molar-refractivity contribution in [2.75, 3.05) is 12.4 Å². The monoisotopic (exact) mass is 257 g/mol. The van der Waals surface area contributed by atoms with Crippen LogP contribution < -0.4 is 5.32 Å². The molecular weight excluding hydrogens is 246 g/mol. The molecule has 1 aromatic heterocycles. The molecule has 0 aliphatic heterocycles. The molecule has 0 spiro atoms. The first-order chi connectivity index (χ1) is 8.11. The molecule has 17 heavy (non-hydrogen) atoms. The second kappa shape index (κ2) is 4.95. The molecule has 2 N–H and O–H groups in total. The Hall–Kier alpha value is -1.24. The molecule has 0 radical (unpaired) electrons. The number of methoxy groups -OCH3 is 1. The van der Waals surface area contributed by atoms with E-state index in [0.29, 0.717) is 0 Å². The number of aliphatic hydroxyl groups excluding tert-OH is 1. The maximum absolute atomic E-state index is 11.5. The Labute approximate surface area is 103 Å². The Kier molecular flexibility index (Phi) is 3.56. The van der Waals surface area contributed by atoms with Crippen molar-refractivity contribution < 1.29 is 14.6 Å². The van der Waals surface area contributed by atoms with Crippen LogP contribution >= 0.6 is 11.6 Å². The van der Waals surface area contributed by atoms with Crippen LogP contribution in [0.3, 0.4) is 0 Å². The van der Waals surface area contributed by atoms with Gasteiger partial charge in [0.1, 0.15) is 5.69 Å². The summed E-state index contributed by atoms with van der Waals surface area (Å²) in [5.41, 5.74) is 0.124. The summed E-state index contributed by atoms with van der Waals surface area (Å²) in [6.07, 6.45) is 1.94. The average Bonchev–Trinajstić information content (AvgIpc) is 3.12. The number of aromatic nitrogens is 2. The van der Waals surface area contributed by atoms with Crippen LogP contribution in [0.4, 0.5) is 5.82 Å². The predicted octanol–water partition coefficient (Wildman–Crippen LogP) is 1.12. The smallest absolute Gasteiger partial charge is 0.228 e. The van der Waals surface area contributed by atoms with E-state index in [1.165, 1.54) is 13.3 Å². The molecule has 2 rings (SSSR count). The Morgan fingerprint density at radius 3 is 2.94 bits per heavy atom. The minimum absolute atomic E-state index is 0.00736. The standard InChI is InChI=1S/C10H12ClN3O3/c1-17-10(16)7-8(11)13-6(4-12-7)14-9(15)5-2-3-5/h4-5,10,16H,2-3H2,1H3,(H,13,14,15). The van der Waals surface area contributed by atoms with Gasteiger partial charge in [-0.15, -0.1) is 0 Å². The van der Waals surface area contributed by atoms with Crippen LogP contribution in [0.5, 0.6) is 0 Å². The van der Waals surface area contributed by atoms with E-state index in [-0.39, 0.29) is 28.5 Å². The van der Waals surface area contributed by atoms with E-state index in [0.717, 1.165) is 12.8 Å². The molecule has 1 aromatic rings. The SMILES string of the molecule is COC(O)c1ncc(NC(=O)C2CC2)nc1Cl. The highest BCUT2D eigenvalue weighted by Crippen LogP contribution is 2.30. The van der Waals surface area contributed by atoms with Crippen LogP contribution in [-0.4, -0.2) is 28.1 Å². The topological polar surface area (TPSA) is 84.3 Å². The van der Waals surface area contributed by atoms with Crippen LogP contribution in [0.15, 0.2) is 6.20 Å². The summed E-state index contributed by atoms with van der Waals surface area (Å²) in [6.45, 7) is 0. The fourth-order valence-electron chi connectivity index (χ4n) is 1.29. The van der Waals surface area contributed by atoms with E-state index in [9.17, 15) is 9.90 Å². The Balaban J connectivity index is 2.09. The normalized spacial score (nSPS) is 16.6. The summed E-state index contributed by atoms with van der Waals surface area (Å²) in [6, 6.07) is 0. The van der Waals surface area contributed by atoms with Gasteiger partial charge in [-0.05, 0) is 12.8 Å². The Bertz CT molecular complexity index is 437. The lowest BCUT2D eigenvalue weighted by molar-refractivity contribution is -0.117. The van der Waals surface area contributed by atoms with Crippen LogP contribution in [-0.2, 0) is 9.53 Å². The number of carbonyl (C=O) groups is 1. The fourth-order valence-corrected chi connectivity index (χ4v) is 1.52. The number of nitrogens with zero attached hydrogens (tertiary/aromatic N) is 2. The largest absolute Gasteiger partial charge is 0.363 e. The summed E-state index contributed by atoms with van der Waals surface area (Å²) in [5.74, 6) is 0.286. The first-order valence-electron chi connectivity index (χ1n) is 5.16. The molecule has 1 heterocycles. The number of hydrogen-bond donors (Lipinski definition) is 2. The number of aliphatic hydroxyl groups is 1. The van der Waals surface area contributed by atoms with Gasteiger partial charge in [0.25, 0.3) is 0 Å². The number of hydrogen-bond acceptors (Lipinski definition) is 5. The zero-order chi connectivity index (χ0) is 12.4. The molecule has 0 saturated heterocycles. The van der Waals surface area contributed by atoms with Crippen molar-refractivity contribution in [1.82, 2.24) is 9.97 Å². The van der Waals surface area contributed by atoms with Crippen LogP contribution in [0, 0.1) is 5.92 Å². The second-order valence-corrected chi connectivity index (χ2v) is 4.14. The summed E-state index contributed by atoms with van der Waals surface area (Å²) >= 11 is 5.82. The van der Waals surface area contributed by atoms with Gasteiger partial charge in [0.05, 0.1) is 6.20 Å². The number of halogens is 1. The van der Waals surface area contributed by atoms with Crippen molar-refractivity contribution >= 4 is 23.3 Å². The summed E-state index contributed by atoms with van der Waals surface area (Å²) in [7, 11) is 1.32. The summed E-state index contributed by atoms with van der Waals surface area (Å²) in [5, 5.41) is 12.0. The van der Waals surface area contributed by atoms with Gasteiger partial charge in [-0.1, -0.05) is 11.6 Å². The molecule has 7 heteroatoms. The van der Waals surface area contributed by atoms with Crippen molar-refractivity contribution in [3.63, 3.8) is 0 Å². The molecule has 1 amide bonds. The summed E-state index contributed by atoms with van der Waals surface area (Å²) in [4.78, 5) is 19.3. The molecule has 0 bridgehead atoms. The quantitative estimate of drug-likeness (QED) is 0.790. The van der Waals surface area contributed by atoms with Gasteiger partial charge >= 0.3 is 0 Å². The predicted molar refractivity (Wildman–Crippen MR) is 60.4 cm³/mol. The highest BCUT2D eigenvalue weighted by atomic mass is 35.5. The molecule has 6 nitrogen and oxygen atoms in total. The minimum atomic E-state index is -1.22. The van der Waals surface area contributed by atoms with Crippen LogP contribution in [0.2, 0.25) is 5.15 Å². The van der Waals surface area contributed by atoms with Crippen LogP contribution in [0.1, 0.15) is 24.8 Å². The van der Waals surface area contributed by atoms with Gasteiger partial charge in [0, 0.05) is 13.0 Å². The van der Waals surface area contributed by atoms with Crippen molar-refractivity contribution in [2.24, 2.45) is 5.92 Å². The number of nitrogens with one attached hydrogen (secondary N) is 1. The van der Waals surface area contributed by atoms with Gasteiger partial charge in [0.2, 0.25) is 12.2 Å². The highest BCUT2D eigenvalue weighted by molar-refractivity contribution is 6.30. The number of anilines is 1. The lowest BCUT2D eigenvalue weighted by atomic mass is 10.4. The third kappa shape index (κ3) is 2.91. The van der Waals surface area contributed by atoms with E-state index < -0.39 is 6.29 Å². The number of amides is 1. The van der Waals surface area contributed by atoms with E-state index in [4.69, 9.17) is 11.6 Å². The average molecular weight is 258 g/mol. The number of carbonyl (C=O) groups excluding carboxylic acids is 1. The first-order valence-corrected chi connectivity index (χ1v) is 5.53.